The van der Waals surface area contributed by atoms with Crippen LogP contribution in [-0.2, 0) is 4.79 Å². The van der Waals surface area contributed by atoms with Crippen molar-refractivity contribution in [1.82, 2.24) is 5.32 Å². The van der Waals surface area contributed by atoms with Gasteiger partial charge in [-0.25, -0.2) is 0 Å². The fraction of sp³-hybridized carbons (Fsp3) is 0.385. The van der Waals surface area contributed by atoms with Crippen molar-refractivity contribution in [2.24, 2.45) is 5.92 Å². The number of hydrogen-bond donors (Lipinski definition) is 1. The van der Waals surface area contributed by atoms with Gasteiger partial charge in [-0.05, 0) is 18.1 Å². The van der Waals surface area contributed by atoms with Gasteiger partial charge in [0.1, 0.15) is 11.8 Å². The number of amides is 1. The summed E-state index contributed by atoms with van der Waals surface area (Å²) in [5.74, 6) is 0.440. The van der Waals surface area contributed by atoms with E-state index < -0.39 is 6.04 Å². The van der Waals surface area contributed by atoms with E-state index in [0.29, 0.717) is 5.75 Å². The van der Waals surface area contributed by atoms with E-state index in [1.54, 1.807) is 12.1 Å². The van der Waals surface area contributed by atoms with Gasteiger partial charge in [-0.2, -0.15) is 5.26 Å². The number of carbonyl (C=O) groups excluding carboxylic acids is 1. The third-order valence-electron chi connectivity index (χ3n) is 2.24. The van der Waals surface area contributed by atoms with Crippen LogP contribution in [0, 0.1) is 17.2 Å². The molecule has 1 N–H and O–H groups in total. The molecule has 1 rings (SSSR count). The lowest BCUT2D eigenvalue weighted by Gasteiger charge is -2.15. The second-order valence-electron chi connectivity index (χ2n) is 4.02. The Morgan fingerprint density at radius 2 is 2.06 bits per heavy atom. The smallest absolute Gasteiger partial charge is 0.258 e. The van der Waals surface area contributed by atoms with Gasteiger partial charge in [-0.15, -0.1) is 0 Å². The van der Waals surface area contributed by atoms with Gasteiger partial charge in [0.2, 0.25) is 0 Å². The number of benzene rings is 1. The molecule has 0 saturated carbocycles. The van der Waals surface area contributed by atoms with E-state index in [9.17, 15) is 4.79 Å². The van der Waals surface area contributed by atoms with E-state index in [0.717, 1.165) is 0 Å². The fourth-order valence-electron chi connectivity index (χ4n) is 1.23. The summed E-state index contributed by atoms with van der Waals surface area (Å²) in [5.41, 5.74) is 0. The molecule has 0 aliphatic heterocycles. The van der Waals surface area contributed by atoms with Crippen molar-refractivity contribution in [3.63, 3.8) is 0 Å². The van der Waals surface area contributed by atoms with Crippen LogP contribution < -0.4 is 10.1 Å². The molecule has 0 bridgehead atoms. The molecule has 0 heterocycles. The molecule has 0 spiro atoms. The zero-order chi connectivity index (χ0) is 12.7. The summed E-state index contributed by atoms with van der Waals surface area (Å²) in [4.78, 5) is 11.5. The summed E-state index contributed by atoms with van der Waals surface area (Å²) >= 11 is 0. The van der Waals surface area contributed by atoms with Crippen LogP contribution in [0.25, 0.3) is 0 Å². The number of rotatable bonds is 5. The van der Waals surface area contributed by atoms with Crippen molar-refractivity contribution in [2.45, 2.75) is 19.9 Å². The van der Waals surface area contributed by atoms with Crippen molar-refractivity contribution in [3.05, 3.63) is 30.3 Å². The summed E-state index contributed by atoms with van der Waals surface area (Å²) in [7, 11) is 0. The van der Waals surface area contributed by atoms with E-state index >= 15 is 0 Å². The topological polar surface area (TPSA) is 62.1 Å². The normalized spacial score (nSPS) is 11.6. The molecule has 1 atom stereocenters. The first-order chi connectivity index (χ1) is 8.13. The average Bonchev–Trinajstić information content (AvgIpc) is 2.34. The number of nitrogens with one attached hydrogen (secondary N) is 1. The highest BCUT2D eigenvalue weighted by Crippen LogP contribution is 2.07. The van der Waals surface area contributed by atoms with Crippen LogP contribution in [0.1, 0.15) is 13.8 Å². The molecule has 17 heavy (non-hydrogen) atoms. The number of nitrogens with zero attached hydrogens (tertiary/aromatic N) is 1. The number of carbonyl (C=O) groups is 1. The van der Waals surface area contributed by atoms with Gasteiger partial charge in [0.25, 0.3) is 5.91 Å². The number of hydrogen-bond acceptors (Lipinski definition) is 3. The summed E-state index contributed by atoms with van der Waals surface area (Å²) in [6.45, 7) is 3.69. The SMILES string of the molecule is CC(C)C(C#N)NC(=O)COc1ccccc1. The third-order valence-corrected chi connectivity index (χ3v) is 2.24. The Morgan fingerprint density at radius 1 is 1.41 bits per heavy atom. The standard InChI is InChI=1S/C13H16N2O2/c1-10(2)12(8-14)15-13(16)9-17-11-6-4-3-5-7-11/h3-7,10,12H,9H2,1-2H3,(H,15,16). The molecule has 4 nitrogen and oxygen atoms in total. The molecule has 1 aromatic rings. The molecule has 1 aromatic carbocycles. The van der Waals surface area contributed by atoms with Gasteiger partial charge in [0.15, 0.2) is 6.61 Å². The largest absolute Gasteiger partial charge is 0.484 e. The molecule has 0 radical (unpaired) electrons. The molecule has 0 saturated heterocycles. The molecule has 4 heteroatoms. The number of para-hydroxylation sites is 1. The van der Waals surface area contributed by atoms with E-state index in [1.807, 2.05) is 38.1 Å². The van der Waals surface area contributed by atoms with Crippen LogP contribution in [0.5, 0.6) is 5.75 Å². The van der Waals surface area contributed by atoms with Crippen LogP contribution in [0.4, 0.5) is 0 Å². The Hall–Kier alpha value is -2.02. The van der Waals surface area contributed by atoms with Gasteiger partial charge in [0, 0.05) is 0 Å². The highest BCUT2D eigenvalue weighted by Gasteiger charge is 2.15. The Labute approximate surface area is 101 Å². The van der Waals surface area contributed by atoms with Crippen LogP contribution >= 0.6 is 0 Å². The van der Waals surface area contributed by atoms with E-state index in [2.05, 4.69) is 5.32 Å². The first kappa shape index (κ1) is 13.0. The van der Waals surface area contributed by atoms with Gasteiger partial charge in [-0.3, -0.25) is 4.79 Å². The molecule has 1 amide bonds. The van der Waals surface area contributed by atoms with Crippen molar-refractivity contribution in [1.29, 1.82) is 5.26 Å². The van der Waals surface area contributed by atoms with E-state index in [-0.39, 0.29) is 18.4 Å². The van der Waals surface area contributed by atoms with E-state index in [1.165, 1.54) is 0 Å². The average molecular weight is 232 g/mol. The maximum atomic E-state index is 11.5. The van der Waals surface area contributed by atoms with Crippen LogP contribution in [0.15, 0.2) is 30.3 Å². The lowest BCUT2D eigenvalue weighted by atomic mass is 10.1. The van der Waals surface area contributed by atoms with Crippen LogP contribution in [0.2, 0.25) is 0 Å². The van der Waals surface area contributed by atoms with Crippen molar-refractivity contribution in [3.8, 4) is 11.8 Å². The molecule has 0 aliphatic carbocycles. The highest BCUT2D eigenvalue weighted by molar-refractivity contribution is 5.78. The molecule has 0 aromatic heterocycles. The zero-order valence-electron chi connectivity index (χ0n) is 10.0. The van der Waals surface area contributed by atoms with Gasteiger partial charge >= 0.3 is 0 Å². The maximum absolute atomic E-state index is 11.5. The monoisotopic (exact) mass is 232 g/mol. The first-order valence-electron chi connectivity index (χ1n) is 5.50. The number of ether oxygens (including phenoxy) is 1. The number of nitriles is 1. The minimum Gasteiger partial charge on any atom is -0.484 e. The van der Waals surface area contributed by atoms with Gasteiger partial charge in [-0.1, -0.05) is 32.0 Å². The Bertz CT molecular complexity index is 396. The first-order valence-corrected chi connectivity index (χ1v) is 5.50. The van der Waals surface area contributed by atoms with Crippen molar-refractivity contribution in [2.75, 3.05) is 6.61 Å². The molecule has 90 valence electrons. The lowest BCUT2D eigenvalue weighted by Crippen LogP contribution is -2.40. The fourth-order valence-corrected chi connectivity index (χ4v) is 1.23. The Balaban J connectivity index is 2.38. The van der Waals surface area contributed by atoms with Crippen LogP contribution in [-0.4, -0.2) is 18.6 Å². The molecule has 1 unspecified atom stereocenters. The Morgan fingerprint density at radius 3 is 2.59 bits per heavy atom. The second kappa shape index (κ2) is 6.54. The van der Waals surface area contributed by atoms with Crippen molar-refractivity contribution < 1.29 is 9.53 Å². The van der Waals surface area contributed by atoms with Crippen molar-refractivity contribution >= 4 is 5.91 Å². The lowest BCUT2D eigenvalue weighted by molar-refractivity contribution is -0.123. The summed E-state index contributed by atoms with van der Waals surface area (Å²) < 4.78 is 5.27. The summed E-state index contributed by atoms with van der Waals surface area (Å²) in [5, 5.41) is 11.4. The predicted octanol–water partition coefficient (Wildman–Crippen LogP) is 1.73. The minimum atomic E-state index is -0.470. The quantitative estimate of drug-likeness (QED) is 0.841. The zero-order valence-corrected chi connectivity index (χ0v) is 10.0. The highest BCUT2D eigenvalue weighted by atomic mass is 16.5. The third kappa shape index (κ3) is 4.56. The van der Waals surface area contributed by atoms with Gasteiger partial charge in [0.05, 0.1) is 6.07 Å². The summed E-state index contributed by atoms with van der Waals surface area (Å²) in [6, 6.07) is 10.7. The molecular formula is C13H16N2O2. The molecule has 0 fully saturated rings. The summed E-state index contributed by atoms with van der Waals surface area (Å²) in [6.07, 6.45) is 0. The minimum absolute atomic E-state index is 0.0745. The molecular weight excluding hydrogens is 216 g/mol. The maximum Gasteiger partial charge on any atom is 0.258 e. The Kier molecular flexibility index (Phi) is 5.02. The van der Waals surface area contributed by atoms with E-state index in [4.69, 9.17) is 10.00 Å². The predicted molar refractivity (Wildman–Crippen MR) is 64.3 cm³/mol. The molecule has 0 aliphatic rings. The van der Waals surface area contributed by atoms with Crippen LogP contribution in [0.3, 0.4) is 0 Å². The second-order valence-corrected chi connectivity index (χ2v) is 4.02. The van der Waals surface area contributed by atoms with Gasteiger partial charge < -0.3 is 10.1 Å².